The fourth-order valence-electron chi connectivity index (χ4n) is 4.20. The van der Waals surface area contributed by atoms with Crippen molar-refractivity contribution in [3.63, 3.8) is 0 Å². The van der Waals surface area contributed by atoms with E-state index in [9.17, 15) is 22.2 Å². The van der Waals surface area contributed by atoms with E-state index in [0.717, 1.165) is 32.4 Å². The van der Waals surface area contributed by atoms with Crippen LogP contribution in [0.1, 0.15) is 29.8 Å². The van der Waals surface area contributed by atoms with Crippen LogP contribution < -0.4 is 10.0 Å². The van der Waals surface area contributed by atoms with Crippen molar-refractivity contribution < 1.29 is 22.2 Å². The Morgan fingerprint density at radius 3 is 2.48 bits per heavy atom. The fraction of sp³-hybridized carbons (Fsp3) is 0.450. The SMILES string of the molecule is CN1CCC(NS(=O)c2cn(C)c(C(=O)Nc3cc(F)c(F)c(F)c3)c2Cl)C2(CC2)C1. The molecule has 1 aliphatic carbocycles. The Labute approximate surface area is 185 Å². The van der Waals surface area contributed by atoms with Gasteiger partial charge in [-0.15, -0.1) is 0 Å². The number of nitrogens with zero attached hydrogens (tertiary/aromatic N) is 2. The van der Waals surface area contributed by atoms with Gasteiger partial charge in [-0.25, -0.2) is 22.1 Å². The molecule has 2 atom stereocenters. The largest absolute Gasteiger partial charge is 0.344 e. The van der Waals surface area contributed by atoms with E-state index in [-0.39, 0.29) is 32.8 Å². The number of benzene rings is 1. The number of aryl methyl sites for hydroxylation is 1. The van der Waals surface area contributed by atoms with Crippen LogP contribution in [0.15, 0.2) is 23.2 Å². The van der Waals surface area contributed by atoms with Gasteiger partial charge in [0.1, 0.15) is 16.7 Å². The van der Waals surface area contributed by atoms with Crippen molar-refractivity contribution in [3.05, 3.63) is 46.5 Å². The zero-order valence-electron chi connectivity index (χ0n) is 17.0. The van der Waals surface area contributed by atoms with Crippen molar-refractivity contribution in [2.45, 2.75) is 30.2 Å². The van der Waals surface area contributed by atoms with Gasteiger partial charge in [0.2, 0.25) is 0 Å². The predicted molar refractivity (Wildman–Crippen MR) is 112 cm³/mol. The van der Waals surface area contributed by atoms with Crippen LogP contribution in [0.5, 0.6) is 0 Å². The molecule has 1 spiro atoms. The first-order valence-electron chi connectivity index (χ1n) is 9.78. The monoisotopic (exact) mass is 474 g/mol. The average Bonchev–Trinajstić information content (AvgIpc) is 3.38. The normalized spacial score (nSPS) is 21.3. The quantitative estimate of drug-likeness (QED) is 0.652. The third kappa shape index (κ3) is 4.26. The number of nitrogens with one attached hydrogen (secondary N) is 2. The molecular weight excluding hydrogens is 453 g/mol. The Morgan fingerprint density at radius 2 is 1.87 bits per heavy atom. The Morgan fingerprint density at radius 1 is 1.23 bits per heavy atom. The molecule has 1 aromatic heterocycles. The summed E-state index contributed by atoms with van der Waals surface area (Å²) in [6.45, 7) is 1.85. The third-order valence-corrected chi connectivity index (χ3v) is 7.71. The fourth-order valence-corrected chi connectivity index (χ4v) is 5.95. The van der Waals surface area contributed by atoms with Crippen LogP contribution in [-0.4, -0.2) is 45.8 Å². The van der Waals surface area contributed by atoms with Crippen molar-refractivity contribution in [3.8, 4) is 0 Å². The lowest BCUT2D eigenvalue weighted by Crippen LogP contribution is -2.49. The first-order chi connectivity index (χ1) is 14.6. The molecule has 2 unspecified atom stereocenters. The standard InChI is InChI=1S/C20H22ClF3N4O2S/c1-27-6-3-15(20(10-27)4-5-20)26-31(30)14-9-28(2)18(16(14)21)19(29)25-11-7-12(22)17(24)13(23)8-11/h7-9,15,26H,3-6,10H2,1-2H3,(H,25,29). The Kier molecular flexibility index (Phi) is 5.93. The maximum atomic E-state index is 13.4. The van der Waals surface area contributed by atoms with Crippen molar-refractivity contribution >= 4 is 34.2 Å². The van der Waals surface area contributed by atoms with Crippen LogP contribution in [0.3, 0.4) is 0 Å². The second-order valence-corrected chi connectivity index (χ2v) is 9.89. The Hall–Kier alpha value is -1.88. The molecule has 1 saturated heterocycles. The molecule has 6 nitrogen and oxygen atoms in total. The molecule has 2 heterocycles. The molecule has 2 aliphatic rings. The molecule has 1 aliphatic heterocycles. The molecule has 0 bridgehead atoms. The molecule has 2 fully saturated rings. The number of hydrogen-bond donors (Lipinski definition) is 2. The minimum absolute atomic E-state index is 0.0216. The van der Waals surface area contributed by atoms with E-state index in [1.807, 2.05) is 0 Å². The number of carbonyl (C=O) groups excluding carboxylic acids is 1. The lowest BCUT2D eigenvalue weighted by Gasteiger charge is -2.37. The summed E-state index contributed by atoms with van der Waals surface area (Å²) in [7, 11) is 1.98. The number of hydrogen-bond acceptors (Lipinski definition) is 3. The van der Waals surface area contributed by atoms with Crippen LogP contribution in [-0.2, 0) is 18.0 Å². The highest BCUT2D eigenvalue weighted by Crippen LogP contribution is 2.52. The Balaban J connectivity index is 1.52. The highest BCUT2D eigenvalue weighted by Gasteiger charge is 2.52. The van der Waals surface area contributed by atoms with E-state index in [1.165, 1.54) is 10.8 Å². The zero-order chi connectivity index (χ0) is 22.5. The van der Waals surface area contributed by atoms with Gasteiger partial charge < -0.3 is 14.8 Å². The van der Waals surface area contributed by atoms with Crippen LogP contribution in [0.4, 0.5) is 18.9 Å². The van der Waals surface area contributed by atoms with Gasteiger partial charge in [0.05, 0.1) is 9.92 Å². The number of halogens is 4. The molecule has 1 aromatic carbocycles. The molecule has 2 aromatic rings. The summed E-state index contributed by atoms with van der Waals surface area (Å²) < 4.78 is 57.6. The van der Waals surface area contributed by atoms with Gasteiger partial charge in [0.25, 0.3) is 5.91 Å². The van der Waals surface area contributed by atoms with Crippen molar-refractivity contribution in [2.75, 3.05) is 25.5 Å². The van der Waals surface area contributed by atoms with E-state index in [1.54, 1.807) is 7.05 Å². The first-order valence-corrected chi connectivity index (χ1v) is 11.3. The minimum atomic E-state index is -1.64. The second-order valence-electron chi connectivity index (χ2n) is 8.30. The van der Waals surface area contributed by atoms with Gasteiger partial charge in [-0.1, -0.05) is 11.6 Å². The maximum Gasteiger partial charge on any atom is 0.273 e. The first kappa shape index (κ1) is 22.3. The van der Waals surface area contributed by atoms with Gasteiger partial charge in [-0.2, -0.15) is 0 Å². The van der Waals surface area contributed by atoms with E-state index in [0.29, 0.717) is 12.1 Å². The molecule has 31 heavy (non-hydrogen) atoms. The summed E-state index contributed by atoms with van der Waals surface area (Å²) in [5.74, 6) is -5.24. The van der Waals surface area contributed by atoms with E-state index in [4.69, 9.17) is 11.6 Å². The summed E-state index contributed by atoms with van der Waals surface area (Å²) in [5.41, 5.74) is -0.163. The van der Waals surface area contributed by atoms with Gasteiger partial charge in [-0.3, -0.25) is 4.79 Å². The second kappa shape index (κ2) is 8.23. The molecular formula is C20H22ClF3N4O2S. The van der Waals surface area contributed by atoms with E-state index in [2.05, 4.69) is 22.0 Å². The summed E-state index contributed by atoms with van der Waals surface area (Å²) >= 11 is 6.37. The molecule has 2 N–H and O–H groups in total. The highest BCUT2D eigenvalue weighted by atomic mass is 35.5. The van der Waals surface area contributed by atoms with Gasteiger partial charge in [0.15, 0.2) is 17.5 Å². The number of carbonyl (C=O) groups is 1. The summed E-state index contributed by atoms with van der Waals surface area (Å²) in [6.07, 6.45) is 4.50. The molecule has 1 amide bonds. The minimum Gasteiger partial charge on any atom is -0.344 e. The molecule has 0 radical (unpaired) electrons. The molecule has 11 heteroatoms. The van der Waals surface area contributed by atoms with Gasteiger partial charge in [-0.05, 0) is 38.3 Å². The van der Waals surface area contributed by atoms with Crippen LogP contribution >= 0.6 is 11.6 Å². The third-order valence-electron chi connectivity index (χ3n) is 6.01. The van der Waals surface area contributed by atoms with Gasteiger partial charge >= 0.3 is 0 Å². The predicted octanol–water partition coefficient (Wildman–Crippen LogP) is 3.44. The van der Waals surface area contributed by atoms with Crippen LogP contribution in [0, 0.1) is 22.9 Å². The molecule has 168 valence electrons. The summed E-state index contributed by atoms with van der Waals surface area (Å²) in [5, 5.41) is 2.27. The van der Waals surface area contributed by atoms with E-state index >= 15 is 0 Å². The maximum absolute atomic E-state index is 13.4. The van der Waals surface area contributed by atoms with E-state index < -0.39 is 34.3 Å². The number of rotatable bonds is 5. The zero-order valence-corrected chi connectivity index (χ0v) is 18.5. The number of amides is 1. The number of likely N-dealkylation sites (tertiary alicyclic amines) is 1. The van der Waals surface area contributed by atoms with Gasteiger partial charge in [0, 0.05) is 43.7 Å². The number of piperidine rings is 1. The Bertz CT molecular complexity index is 1050. The number of aromatic nitrogens is 1. The number of anilines is 1. The lowest BCUT2D eigenvalue weighted by atomic mass is 9.90. The highest BCUT2D eigenvalue weighted by molar-refractivity contribution is 7.83. The van der Waals surface area contributed by atoms with Crippen molar-refractivity contribution in [2.24, 2.45) is 12.5 Å². The molecule has 1 saturated carbocycles. The van der Waals surface area contributed by atoms with Crippen LogP contribution in [0.25, 0.3) is 0 Å². The average molecular weight is 475 g/mol. The smallest absolute Gasteiger partial charge is 0.273 e. The van der Waals surface area contributed by atoms with Crippen LogP contribution in [0.2, 0.25) is 5.02 Å². The van der Waals surface area contributed by atoms with Crippen molar-refractivity contribution in [1.82, 2.24) is 14.2 Å². The summed E-state index contributed by atoms with van der Waals surface area (Å²) in [4.78, 5) is 15.2. The lowest BCUT2D eigenvalue weighted by molar-refractivity contribution is 0.101. The summed E-state index contributed by atoms with van der Waals surface area (Å²) in [6, 6.07) is 1.43. The van der Waals surface area contributed by atoms with Crippen molar-refractivity contribution in [1.29, 1.82) is 0 Å². The topological polar surface area (TPSA) is 66.4 Å². The molecule has 4 rings (SSSR count).